The van der Waals surface area contributed by atoms with Crippen LogP contribution < -0.4 is 5.32 Å². The maximum absolute atomic E-state index is 8.96. The number of likely N-dealkylation sites (tertiary alicyclic amines) is 1. The van der Waals surface area contributed by atoms with Gasteiger partial charge in [0.1, 0.15) is 0 Å². The average Bonchev–Trinajstić information content (AvgIpc) is 2.78. The maximum Gasteiger partial charge on any atom is 0.0564 e. The topological polar surface area (TPSA) is 48.4 Å². The van der Waals surface area contributed by atoms with E-state index in [4.69, 9.17) is 5.11 Å². The Kier molecular flexibility index (Phi) is 4.96. The Morgan fingerprint density at radius 3 is 3.22 bits per heavy atom. The van der Waals surface area contributed by atoms with E-state index in [0.29, 0.717) is 12.5 Å². The van der Waals surface area contributed by atoms with E-state index < -0.39 is 0 Å². The number of hydrogen-bond donors (Lipinski definition) is 2. The minimum absolute atomic E-state index is 0.312. The van der Waals surface area contributed by atoms with Crippen molar-refractivity contribution in [2.45, 2.75) is 26.3 Å². The van der Waals surface area contributed by atoms with E-state index in [2.05, 4.69) is 28.2 Å². The summed E-state index contributed by atoms with van der Waals surface area (Å²) in [6.07, 6.45) is 4.00. The summed E-state index contributed by atoms with van der Waals surface area (Å²) in [6, 6.07) is 4.13. The largest absolute Gasteiger partial charge is 0.396 e. The van der Waals surface area contributed by atoms with Gasteiger partial charge in [-0.3, -0.25) is 9.88 Å². The van der Waals surface area contributed by atoms with E-state index >= 15 is 0 Å². The Morgan fingerprint density at radius 2 is 2.44 bits per heavy atom. The minimum Gasteiger partial charge on any atom is -0.396 e. The molecule has 18 heavy (non-hydrogen) atoms. The van der Waals surface area contributed by atoms with Crippen LogP contribution in [0.15, 0.2) is 18.3 Å². The molecule has 0 aliphatic carbocycles. The molecule has 0 spiro atoms. The highest BCUT2D eigenvalue weighted by Crippen LogP contribution is 2.21. The molecule has 1 aliphatic rings. The van der Waals surface area contributed by atoms with Crippen LogP contribution in [0.3, 0.4) is 0 Å². The van der Waals surface area contributed by atoms with Crippen molar-refractivity contribution in [1.29, 1.82) is 0 Å². The fourth-order valence-electron chi connectivity index (χ4n) is 2.58. The van der Waals surface area contributed by atoms with Crippen molar-refractivity contribution in [3.63, 3.8) is 0 Å². The lowest BCUT2D eigenvalue weighted by molar-refractivity contribution is 0.249. The third-order valence-corrected chi connectivity index (χ3v) is 3.49. The van der Waals surface area contributed by atoms with Crippen LogP contribution in [-0.4, -0.2) is 41.2 Å². The monoisotopic (exact) mass is 249 g/mol. The standard InChI is InChI=1S/C14H23N3O/c1-2-15-13-3-6-16-14(9-13)11-17-7-4-12(10-17)5-8-18/h3,6,9,12,18H,2,4-5,7-8,10-11H2,1H3,(H,15,16). The molecule has 0 aromatic carbocycles. The van der Waals surface area contributed by atoms with Gasteiger partial charge in [0, 0.05) is 38.1 Å². The van der Waals surface area contributed by atoms with Crippen molar-refractivity contribution in [3.05, 3.63) is 24.0 Å². The summed E-state index contributed by atoms with van der Waals surface area (Å²) < 4.78 is 0. The van der Waals surface area contributed by atoms with Crippen LogP contribution in [0.1, 0.15) is 25.5 Å². The molecular formula is C14H23N3O. The quantitative estimate of drug-likeness (QED) is 0.806. The van der Waals surface area contributed by atoms with Gasteiger partial charge in [-0.25, -0.2) is 0 Å². The summed E-state index contributed by atoms with van der Waals surface area (Å²) in [4.78, 5) is 6.85. The molecule has 2 N–H and O–H groups in total. The molecule has 1 aliphatic heterocycles. The summed E-state index contributed by atoms with van der Waals surface area (Å²) in [7, 11) is 0. The second kappa shape index (κ2) is 6.71. The van der Waals surface area contributed by atoms with Crippen LogP contribution in [0.25, 0.3) is 0 Å². The van der Waals surface area contributed by atoms with Crippen molar-refractivity contribution in [1.82, 2.24) is 9.88 Å². The first-order valence-corrected chi connectivity index (χ1v) is 6.84. The van der Waals surface area contributed by atoms with Crippen LogP contribution in [0.2, 0.25) is 0 Å². The fraction of sp³-hybridized carbons (Fsp3) is 0.643. The minimum atomic E-state index is 0.312. The Morgan fingerprint density at radius 1 is 1.56 bits per heavy atom. The van der Waals surface area contributed by atoms with E-state index in [0.717, 1.165) is 44.0 Å². The van der Waals surface area contributed by atoms with Crippen LogP contribution in [0.4, 0.5) is 5.69 Å². The van der Waals surface area contributed by atoms with E-state index in [9.17, 15) is 0 Å². The summed E-state index contributed by atoms with van der Waals surface area (Å²) in [5.74, 6) is 0.659. The van der Waals surface area contributed by atoms with Gasteiger partial charge in [0.2, 0.25) is 0 Å². The van der Waals surface area contributed by atoms with Crippen molar-refractivity contribution < 1.29 is 5.11 Å². The first-order chi connectivity index (χ1) is 8.81. The molecule has 1 fully saturated rings. The van der Waals surface area contributed by atoms with Gasteiger partial charge in [-0.05, 0) is 44.4 Å². The summed E-state index contributed by atoms with van der Waals surface area (Å²) in [6.45, 7) is 6.48. The lowest BCUT2D eigenvalue weighted by atomic mass is 10.1. The Hall–Kier alpha value is -1.13. The first kappa shape index (κ1) is 13.3. The highest BCUT2D eigenvalue weighted by molar-refractivity contribution is 5.42. The molecule has 1 aromatic heterocycles. The zero-order valence-corrected chi connectivity index (χ0v) is 11.1. The predicted molar refractivity (Wildman–Crippen MR) is 73.5 cm³/mol. The second-order valence-electron chi connectivity index (χ2n) is 4.97. The third-order valence-electron chi connectivity index (χ3n) is 3.49. The van der Waals surface area contributed by atoms with E-state index in [1.54, 1.807) is 0 Å². The van der Waals surface area contributed by atoms with Gasteiger partial charge in [-0.15, -0.1) is 0 Å². The fourth-order valence-corrected chi connectivity index (χ4v) is 2.58. The molecule has 0 bridgehead atoms. The molecule has 2 rings (SSSR count). The predicted octanol–water partition coefficient (Wildman–Crippen LogP) is 1.72. The highest BCUT2D eigenvalue weighted by Gasteiger charge is 2.22. The Balaban J connectivity index is 1.88. The Bertz CT molecular complexity index is 370. The molecule has 1 aromatic rings. The van der Waals surface area contributed by atoms with Gasteiger partial charge < -0.3 is 10.4 Å². The molecule has 2 heterocycles. The van der Waals surface area contributed by atoms with Crippen molar-refractivity contribution in [3.8, 4) is 0 Å². The van der Waals surface area contributed by atoms with Gasteiger partial charge in [0.25, 0.3) is 0 Å². The van der Waals surface area contributed by atoms with Gasteiger partial charge >= 0.3 is 0 Å². The highest BCUT2D eigenvalue weighted by atomic mass is 16.3. The normalized spacial score (nSPS) is 20.2. The molecule has 1 unspecified atom stereocenters. The molecule has 0 saturated carbocycles. The van der Waals surface area contributed by atoms with Crippen molar-refractivity contribution in [2.75, 3.05) is 31.6 Å². The van der Waals surface area contributed by atoms with Crippen molar-refractivity contribution in [2.24, 2.45) is 5.92 Å². The van der Waals surface area contributed by atoms with Gasteiger partial charge in [0.05, 0.1) is 5.69 Å². The molecule has 4 heteroatoms. The lowest BCUT2D eigenvalue weighted by Crippen LogP contribution is -2.21. The zero-order valence-electron chi connectivity index (χ0n) is 11.1. The van der Waals surface area contributed by atoms with Gasteiger partial charge in [-0.2, -0.15) is 0 Å². The number of rotatable bonds is 6. The van der Waals surface area contributed by atoms with E-state index in [1.165, 1.54) is 6.42 Å². The zero-order chi connectivity index (χ0) is 12.8. The molecule has 1 atom stereocenters. The molecule has 1 saturated heterocycles. The number of hydrogen-bond acceptors (Lipinski definition) is 4. The van der Waals surface area contributed by atoms with Gasteiger partial charge in [-0.1, -0.05) is 0 Å². The molecular weight excluding hydrogens is 226 g/mol. The van der Waals surface area contributed by atoms with Crippen LogP contribution in [0.5, 0.6) is 0 Å². The molecule has 4 nitrogen and oxygen atoms in total. The second-order valence-corrected chi connectivity index (χ2v) is 4.97. The van der Waals surface area contributed by atoms with Crippen LogP contribution >= 0.6 is 0 Å². The number of nitrogens with zero attached hydrogens (tertiary/aromatic N) is 2. The number of pyridine rings is 1. The maximum atomic E-state index is 8.96. The molecule has 0 amide bonds. The van der Waals surface area contributed by atoms with E-state index in [-0.39, 0.29) is 0 Å². The lowest BCUT2D eigenvalue weighted by Gasteiger charge is -2.15. The van der Waals surface area contributed by atoms with Crippen molar-refractivity contribution >= 4 is 5.69 Å². The summed E-state index contributed by atoms with van der Waals surface area (Å²) >= 11 is 0. The van der Waals surface area contributed by atoms with E-state index in [1.807, 2.05) is 12.3 Å². The average molecular weight is 249 g/mol. The number of aliphatic hydroxyl groups excluding tert-OH is 1. The smallest absolute Gasteiger partial charge is 0.0564 e. The van der Waals surface area contributed by atoms with Gasteiger partial charge in [0.15, 0.2) is 0 Å². The molecule has 0 radical (unpaired) electrons. The first-order valence-electron chi connectivity index (χ1n) is 6.84. The summed E-state index contributed by atoms with van der Waals surface area (Å²) in [5.41, 5.74) is 2.27. The molecule has 100 valence electrons. The number of aromatic nitrogens is 1. The van der Waals surface area contributed by atoms with Crippen LogP contribution in [0, 0.1) is 5.92 Å². The number of aliphatic hydroxyl groups is 1. The SMILES string of the molecule is CCNc1ccnc(CN2CCC(CCO)C2)c1. The van der Waals surface area contributed by atoms with Crippen LogP contribution in [-0.2, 0) is 6.54 Å². The number of anilines is 1. The number of nitrogens with one attached hydrogen (secondary N) is 1. The summed E-state index contributed by atoms with van der Waals surface area (Å²) in [5, 5.41) is 12.3. The Labute approximate surface area is 109 Å². The third kappa shape index (κ3) is 3.68.